The Kier molecular flexibility index (Phi) is 7.56. The topological polar surface area (TPSA) is 138 Å². The molecule has 0 radical (unpaired) electrons. The van der Waals surface area contributed by atoms with E-state index in [1.165, 1.54) is 0 Å². The van der Waals surface area contributed by atoms with E-state index in [0.29, 0.717) is 0 Å². The van der Waals surface area contributed by atoms with Crippen LogP contribution in [0, 0.1) is 0 Å². The van der Waals surface area contributed by atoms with Crippen molar-refractivity contribution in [2.75, 3.05) is 0 Å². The fraction of sp³-hybridized carbons (Fsp3) is 0. The highest BCUT2D eigenvalue weighted by Gasteiger charge is 2.21. The summed E-state index contributed by atoms with van der Waals surface area (Å²) >= 11 is 0. The van der Waals surface area contributed by atoms with E-state index in [2.05, 4.69) is 4.21 Å². The van der Waals surface area contributed by atoms with Crippen molar-refractivity contribution < 1.29 is 36.7 Å². The van der Waals surface area contributed by atoms with Crippen LogP contribution in [0.1, 0.15) is 0 Å². The van der Waals surface area contributed by atoms with E-state index in [1.54, 1.807) is 0 Å². The third-order valence-corrected chi connectivity index (χ3v) is 1.77. The molecule has 0 fully saturated rings. The number of phosphoric acid groups is 1. The standard InChI is InChI=1S/H3O6PSi.O2Si/c1-7(2,3)6-8(4)5;1-3-2/h4H,(H2,1,2,3);. The molecule has 0 spiro atoms. The van der Waals surface area contributed by atoms with Crippen LogP contribution in [-0.2, 0) is 22.2 Å². The molecule has 0 heterocycles. The molecule has 0 rings (SSSR count). The van der Waals surface area contributed by atoms with E-state index < -0.39 is 26.3 Å². The van der Waals surface area contributed by atoms with Crippen molar-refractivity contribution in [2.24, 2.45) is 0 Å². The van der Waals surface area contributed by atoms with Crippen LogP contribution >= 0.6 is 7.82 Å². The molecule has 11 heavy (non-hydrogen) atoms. The van der Waals surface area contributed by atoms with Crippen LogP contribution in [0.4, 0.5) is 0 Å². The maximum Gasteiger partial charge on any atom is 0.772 e. The van der Waals surface area contributed by atoms with Gasteiger partial charge in [-0.05, 0) is 0 Å². The molecule has 0 unspecified atom stereocenters. The number of hydrogen-bond donors (Lipinski definition) is 3. The van der Waals surface area contributed by atoms with Gasteiger partial charge in [0.1, 0.15) is 0 Å². The first kappa shape index (κ1) is 13.2. The zero-order valence-electron chi connectivity index (χ0n) is 4.83. The quantitative estimate of drug-likeness (QED) is 0.353. The van der Waals surface area contributed by atoms with Gasteiger partial charge < -0.3 is 9.01 Å². The molecular formula is H3O8PSi2. The Morgan fingerprint density at radius 1 is 1.36 bits per heavy atom. The number of hydrogen-bond acceptors (Lipinski definition) is 5. The van der Waals surface area contributed by atoms with Gasteiger partial charge in [0.2, 0.25) is 0 Å². The molecule has 64 valence electrons. The number of rotatable bonds is 2. The van der Waals surface area contributed by atoms with E-state index >= 15 is 0 Å². The second kappa shape index (κ2) is 6.30. The first-order valence-corrected chi connectivity index (χ1v) is 5.42. The van der Waals surface area contributed by atoms with Crippen molar-refractivity contribution >= 4 is 26.3 Å². The monoisotopic (exact) mass is 218 g/mol. The molecule has 11 heteroatoms. The Hall–Kier alpha value is -0.416. The third-order valence-electron chi connectivity index (χ3n) is 0.197. The minimum Gasteiger partial charge on any atom is -0.511 e. The third kappa shape index (κ3) is 26.2. The van der Waals surface area contributed by atoms with Crippen molar-refractivity contribution in [3.8, 4) is 0 Å². The lowest BCUT2D eigenvalue weighted by molar-refractivity contribution is 0.245. The predicted molar refractivity (Wildman–Crippen MR) is 28.9 cm³/mol. The van der Waals surface area contributed by atoms with Gasteiger partial charge in [0, 0.05) is 0 Å². The molecule has 8 nitrogen and oxygen atoms in total. The highest BCUT2D eigenvalue weighted by atomic mass is 31.2. The van der Waals surface area contributed by atoms with Crippen LogP contribution in [0.3, 0.4) is 0 Å². The van der Waals surface area contributed by atoms with E-state index in [0.717, 1.165) is 0 Å². The lowest BCUT2D eigenvalue weighted by Crippen LogP contribution is -2.01. The van der Waals surface area contributed by atoms with E-state index in [1.807, 2.05) is 0 Å². The molecule has 0 saturated heterocycles. The van der Waals surface area contributed by atoms with Gasteiger partial charge in [-0.2, -0.15) is 0 Å². The van der Waals surface area contributed by atoms with Crippen molar-refractivity contribution in [2.45, 2.75) is 0 Å². The Morgan fingerprint density at radius 2 is 1.64 bits per heavy atom. The van der Waals surface area contributed by atoms with Gasteiger partial charge in [0.05, 0.1) is 0 Å². The molecular weight excluding hydrogens is 215 g/mol. The normalized spacial score (nSPS) is 8.55. The summed E-state index contributed by atoms with van der Waals surface area (Å²) in [4.78, 5) is 23.2. The average Bonchev–Trinajstić information content (AvgIpc) is 1.57. The minimum atomic E-state index is -4.74. The summed E-state index contributed by atoms with van der Waals surface area (Å²) in [7, 11) is -9.66. The summed E-state index contributed by atoms with van der Waals surface area (Å²) in [6.45, 7) is 0. The zero-order chi connectivity index (χ0) is 9.49. The van der Waals surface area contributed by atoms with Gasteiger partial charge in [-0.15, -0.1) is 0 Å². The highest BCUT2D eigenvalue weighted by Crippen LogP contribution is 2.34. The van der Waals surface area contributed by atoms with Crippen LogP contribution in [0.5, 0.6) is 0 Å². The zero-order valence-corrected chi connectivity index (χ0v) is 7.72. The van der Waals surface area contributed by atoms with Gasteiger partial charge in [0.15, 0.2) is 0 Å². The largest absolute Gasteiger partial charge is 0.772 e. The Bertz CT molecular complexity index is 194. The molecule has 0 aromatic heterocycles. The Morgan fingerprint density at radius 3 is 1.64 bits per heavy atom. The maximum atomic E-state index is 9.58. The summed E-state index contributed by atoms with van der Waals surface area (Å²) in [5, 5.41) is 0. The van der Waals surface area contributed by atoms with Crippen LogP contribution in [0.2, 0.25) is 0 Å². The predicted octanol–water partition coefficient (Wildman–Crippen LogP) is -2.12. The lowest BCUT2D eigenvalue weighted by atomic mass is 15.7. The van der Waals surface area contributed by atoms with Crippen molar-refractivity contribution in [3.63, 3.8) is 0 Å². The van der Waals surface area contributed by atoms with Crippen molar-refractivity contribution in [1.82, 2.24) is 0 Å². The fourth-order valence-corrected chi connectivity index (χ4v) is 0.916. The minimum absolute atomic E-state index is 1.42. The van der Waals surface area contributed by atoms with Gasteiger partial charge in [-0.1, -0.05) is 0 Å². The summed E-state index contributed by atoms with van der Waals surface area (Å²) in [6.07, 6.45) is 0. The molecule has 0 aromatic rings. The lowest BCUT2D eigenvalue weighted by Gasteiger charge is -1.97. The molecule has 0 saturated carbocycles. The molecule has 0 aromatic carbocycles. The van der Waals surface area contributed by atoms with Crippen LogP contribution in [0.25, 0.3) is 0 Å². The maximum absolute atomic E-state index is 9.58. The Labute approximate surface area is 63.9 Å². The van der Waals surface area contributed by atoms with Gasteiger partial charge >= 0.3 is 26.3 Å². The molecule has 3 N–H and O–H groups in total. The van der Waals surface area contributed by atoms with Crippen molar-refractivity contribution in [3.05, 3.63) is 0 Å². The first-order chi connectivity index (χ1) is 4.83. The van der Waals surface area contributed by atoms with E-state index in [-0.39, 0.29) is 0 Å². The summed E-state index contributed by atoms with van der Waals surface area (Å²) in [6, 6.07) is 0. The smallest absolute Gasteiger partial charge is 0.511 e. The van der Waals surface area contributed by atoms with E-state index in [4.69, 9.17) is 23.5 Å². The summed E-state index contributed by atoms with van der Waals surface area (Å²) < 4.78 is 39.1. The second-order valence-corrected chi connectivity index (χ2v) is 3.34. The molecule has 0 aliphatic rings. The Balaban J connectivity index is 0. The fourth-order valence-electron chi connectivity index (χ4n) is 0.102. The average molecular weight is 218 g/mol. The molecule has 0 amide bonds. The van der Waals surface area contributed by atoms with Gasteiger partial charge in [-0.25, -0.2) is 4.57 Å². The first-order valence-electron chi connectivity index (χ1n) is 1.81. The van der Waals surface area contributed by atoms with Crippen LogP contribution in [0.15, 0.2) is 0 Å². The molecule has 0 bridgehead atoms. The second-order valence-electron chi connectivity index (χ2n) is 0.931. The SMILES string of the molecule is O=[Si](O)OP(=O)(O)O.O=[Si]=O. The van der Waals surface area contributed by atoms with Crippen molar-refractivity contribution in [1.29, 1.82) is 0 Å². The van der Waals surface area contributed by atoms with Gasteiger partial charge in [-0.3, -0.25) is 23.2 Å². The molecule has 0 aliphatic heterocycles. The molecule has 0 atom stereocenters. The van der Waals surface area contributed by atoms with Gasteiger partial charge in [0.25, 0.3) is 0 Å². The summed E-state index contributed by atoms with van der Waals surface area (Å²) in [5.41, 5.74) is 0. The highest BCUT2D eigenvalue weighted by molar-refractivity contribution is 7.47. The van der Waals surface area contributed by atoms with Crippen LogP contribution in [-0.4, -0.2) is 33.0 Å². The summed E-state index contributed by atoms with van der Waals surface area (Å²) in [5.74, 6) is 0. The van der Waals surface area contributed by atoms with E-state index in [9.17, 15) is 9.03 Å². The molecule has 0 aliphatic carbocycles. The van der Waals surface area contributed by atoms with Crippen LogP contribution < -0.4 is 0 Å².